The molecule has 0 saturated heterocycles. The summed E-state index contributed by atoms with van der Waals surface area (Å²) in [5, 5.41) is 2.99. The quantitative estimate of drug-likeness (QED) is 0.665. The molecule has 0 bridgehead atoms. The Morgan fingerprint density at radius 3 is 2.52 bits per heavy atom. The van der Waals surface area contributed by atoms with E-state index in [1.165, 1.54) is 31.4 Å². The normalized spacial score (nSPS) is 11.2. The number of benzene rings is 2. The summed E-state index contributed by atoms with van der Waals surface area (Å²) >= 11 is 6.03. The highest BCUT2D eigenvalue weighted by Crippen LogP contribution is 2.27. The van der Waals surface area contributed by atoms with Crippen molar-refractivity contribution in [3.8, 4) is 5.75 Å². The summed E-state index contributed by atoms with van der Waals surface area (Å²) in [7, 11) is -2.06. The molecule has 1 amide bonds. The predicted octanol–water partition coefficient (Wildman–Crippen LogP) is 4.17. The lowest BCUT2D eigenvalue weighted by Gasteiger charge is -2.07. The molecule has 0 fully saturated rings. The number of ether oxygens (including phenoxy) is 1. The third-order valence-electron chi connectivity index (χ3n) is 3.73. The number of rotatable bonds is 6. The number of carbonyl (C=O) groups is 1. The van der Waals surface area contributed by atoms with Gasteiger partial charge in [-0.25, -0.2) is 8.42 Å². The van der Waals surface area contributed by atoms with Crippen molar-refractivity contribution in [1.29, 1.82) is 0 Å². The monoisotopic (exact) mass is 405 g/mol. The average molecular weight is 406 g/mol. The lowest BCUT2D eigenvalue weighted by molar-refractivity contribution is 0.0995. The number of halogens is 1. The molecule has 6 nitrogen and oxygen atoms in total. The Bertz CT molecular complexity index is 1060. The van der Waals surface area contributed by atoms with Gasteiger partial charge in [0.15, 0.2) is 15.6 Å². The van der Waals surface area contributed by atoms with Crippen molar-refractivity contribution in [1.82, 2.24) is 0 Å². The third-order valence-corrected chi connectivity index (χ3v) is 5.68. The van der Waals surface area contributed by atoms with E-state index in [0.717, 1.165) is 0 Å². The van der Waals surface area contributed by atoms with Crippen molar-refractivity contribution in [3.63, 3.8) is 0 Å². The Kier molecular flexibility index (Phi) is 5.53. The first-order chi connectivity index (χ1) is 12.9. The van der Waals surface area contributed by atoms with Gasteiger partial charge in [-0.3, -0.25) is 4.79 Å². The number of methoxy groups -OCH3 is 1. The second kappa shape index (κ2) is 7.85. The van der Waals surface area contributed by atoms with Gasteiger partial charge in [-0.2, -0.15) is 0 Å². The van der Waals surface area contributed by atoms with E-state index >= 15 is 0 Å². The molecule has 0 radical (unpaired) electrons. The molecule has 1 aromatic heterocycles. The highest BCUT2D eigenvalue weighted by atomic mass is 35.5. The maximum absolute atomic E-state index is 12.4. The molecule has 8 heteroatoms. The molecule has 1 N–H and O–H groups in total. The topological polar surface area (TPSA) is 85.6 Å². The van der Waals surface area contributed by atoms with Crippen molar-refractivity contribution in [2.45, 2.75) is 10.6 Å². The van der Waals surface area contributed by atoms with Gasteiger partial charge < -0.3 is 14.5 Å². The molecule has 0 spiro atoms. The number of nitrogens with one attached hydrogen (secondary N) is 1. The molecule has 3 aromatic rings. The summed E-state index contributed by atoms with van der Waals surface area (Å²) in [6.07, 6.45) is 0. The first kappa shape index (κ1) is 19.0. The van der Waals surface area contributed by atoms with Gasteiger partial charge in [0.2, 0.25) is 0 Å². The van der Waals surface area contributed by atoms with Crippen LogP contribution in [0.3, 0.4) is 0 Å². The Labute approximate surface area is 161 Å². The Morgan fingerprint density at radius 2 is 1.85 bits per heavy atom. The summed E-state index contributed by atoms with van der Waals surface area (Å²) in [5.74, 6) is -0.184. The lowest BCUT2D eigenvalue weighted by Crippen LogP contribution is -2.11. The lowest BCUT2D eigenvalue weighted by atomic mass is 10.3. The van der Waals surface area contributed by atoms with Gasteiger partial charge >= 0.3 is 0 Å². The van der Waals surface area contributed by atoms with Crippen LogP contribution in [0.5, 0.6) is 5.75 Å². The van der Waals surface area contributed by atoms with E-state index in [1.54, 1.807) is 36.4 Å². The van der Waals surface area contributed by atoms with Gasteiger partial charge in [0.25, 0.3) is 5.91 Å². The maximum Gasteiger partial charge on any atom is 0.291 e. The number of hydrogen-bond acceptors (Lipinski definition) is 5. The maximum atomic E-state index is 12.4. The van der Waals surface area contributed by atoms with Crippen LogP contribution in [0.25, 0.3) is 0 Å². The molecule has 140 valence electrons. The highest BCUT2D eigenvalue weighted by Gasteiger charge is 2.19. The fourth-order valence-electron chi connectivity index (χ4n) is 2.41. The van der Waals surface area contributed by atoms with Crippen LogP contribution < -0.4 is 10.1 Å². The zero-order valence-electron chi connectivity index (χ0n) is 14.3. The highest BCUT2D eigenvalue weighted by molar-refractivity contribution is 7.90. The second-order valence-electron chi connectivity index (χ2n) is 5.64. The van der Waals surface area contributed by atoms with Gasteiger partial charge in [-0.15, -0.1) is 0 Å². The van der Waals surface area contributed by atoms with Crippen molar-refractivity contribution >= 4 is 33.0 Å². The van der Waals surface area contributed by atoms with Crippen molar-refractivity contribution in [2.24, 2.45) is 0 Å². The van der Waals surface area contributed by atoms with Gasteiger partial charge in [0.05, 0.1) is 17.0 Å². The van der Waals surface area contributed by atoms with Crippen LogP contribution in [0.4, 0.5) is 5.69 Å². The zero-order valence-corrected chi connectivity index (χ0v) is 15.9. The summed E-state index contributed by atoms with van der Waals surface area (Å²) in [5.41, 5.74) is 0.459. The summed E-state index contributed by atoms with van der Waals surface area (Å²) in [4.78, 5) is 12.5. The van der Waals surface area contributed by atoms with E-state index in [4.69, 9.17) is 20.8 Å². The zero-order chi connectivity index (χ0) is 19.4. The van der Waals surface area contributed by atoms with Crippen LogP contribution in [0.15, 0.2) is 70.0 Å². The molecule has 0 aliphatic heterocycles. The minimum absolute atomic E-state index is 0.000187. The minimum Gasteiger partial charge on any atom is -0.495 e. The fourth-order valence-corrected chi connectivity index (χ4v) is 3.94. The molecule has 1 heterocycles. The Morgan fingerprint density at radius 1 is 1.11 bits per heavy atom. The van der Waals surface area contributed by atoms with Crippen LogP contribution in [-0.4, -0.2) is 21.4 Å². The summed E-state index contributed by atoms with van der Waals surface area (Å²) in [6.45, 7) is 0. The molecule has 0 saturated carbocycles. The predicted molar refractivity (Wildman–Crippen MR) is 102 cm³/mol. The molecule has 3 rings (SSSR count). The molecule has 27 heavy (non-hydrogen) atoms. The van der Waals surface area contributed by atoms with Crippen LogP contribution in [-0.2, 0) is 15.6 Å². The van der Waals surface area contributed by atoms with E-state index in [2.05, 4.69) is 5.32 Å². The van der Waals surface area contributed by atoms with E-state index in [-0.39, 0.29) is 22.2 Å². The van der Waals surface area contributed by atoms with E-state index in [1.807, 2.05) is 0 Å². The van der Waals surface area contributed by atoms with Crippen LogP contribution >= 0.6 is 11.6 Å². The van der Waals surface area contributed by atoms with Gasteiger partial charge in [-0.1, -0.05) is 29.8 Å². The van der Waals surface area contributed by atoms with E-state index in [9.17, 15) is 13.2 Å². The third kappa shape index (κ3) is 4.50. The van der Waals surface area contributed by atoms with Crippen molar-refractivity contribution in [3.05, 3.63) is 77.2 Å². The minimum atomic E-state index is -3.55. The SMILES string of the molecule is COc1ccc(NC(=O)c2ccc(CS(=O)(=O)c3ccccc3)o2)cc1Cl. The smallest absolute Gasteiger partial charge is 0.291 e. The number of anilines is 1. The number of sulfone groups is 1. The van der Waals surface area contributed by atoms with Crippen LogP contribution in [0.1, 0.15) is 16.3 Å². The fraction of sp³-hybridized carbons (Fsp3) is 0.105. The first-order valence-corrected chi connectivity index (χ1v) is 9.93. The number of carbonyl (C=O) groups excluding carboxylic acids is 1. The van der Waals surface area contributed by atoms with Crippen LogP contribution in [0.2, 0.25) is 5.02 Å². The molecule has 2 aromatic carbocycles. The molecule has 0 atom stereocenters. The van der Waals surface area contributed by atoms with Gasteiger partial charge in [0.1, 0.15) is 17.3 Å². The van der Waals surface area contributed by atoms with Crippen LogP contribution in [0, 0.1) is 0 Å². The Balaban J connectivity index is 1.72. The van der Waals surface area contributed by atoms with Gasteiger partial charge in [0, 0.05) is 5.69 Å². The molecule has 0 aliphatic carbocycles. The molecular weight excluding hydrogens is 390 g/mol. The molecule has 0 aliphatic rings. The number of amides is 1. The largest absolute Gasteiger partial charge is 0.495 e. The number of furan rings is 1. The summed E-state index contributed by atoms with van der Waals surface area (Å²) in [6, 6.07) is 15.7. The molecule has 0 unspecified atom stereocenters. The first-order valence-electron chi connectivity index (χ1n) is 7.90. The van der Waals surface area contributed by atoms with E-state index in [0.29, 0.717) is 16.5 Å². The number of hydrogen-bond donors (Lipinski definition) is 1. The average Bonchev–Trinajstić information content (AvgIpc) is 3.10. The standard InChI is InChI=1S/C19H16ClNO5S/c1-25-17-9-7-13(11-16(17)20)21-19(22)18-10-8-14(26-18)12-27(23,24)15-5-3-2-4-6-15/h2-11H,12H2,1H3,(H,21,22). The second-order valence-corrected chi connectivity index (χ2v) is 8.04. The van der Waals surface area contributed by atoms with Crippen molar-refractivity contribution < 1.29 is 22.4 Å². The van der Waals surface area contributed by atoms with Crippen molar-refractivity contribution in [2.75, 3.05) is 12.4 Å². The summed E-state index contributed by atoms with van der Waals surface area (Å²) < 4.78 is 35.2. The van der Waals surface area contributed by atoms with Gasteiger partial charge in [-0.05, 0) is 42.5 Å². The van der Waals surface area contributed by atoms with E-state index < -0.39 is 15.7 Å². The molecular formula is C19H16ClNO5S. The Hall–Kier alpha value is -2.77.